The maximum absolute atomic E-state index is 12.2. The molecular formula is C17H18N2O2S. The smallest absolute Gasteiger partial charge is 0.273 e. The molecule has 1 N–H and O–H groups in total. The van der Waals surface area contributed by atoms with Gasteiger partial charge in [-0.3, -0.25) is 14.4 Å². The van der Waals surface area contributed by atoms with E-state index in [4.69, 9.17) is 0 Å². The quantitative estimate of drug-likeness (QED) is 0.871. The Morgan fingerprint density at radius 2 is 1.68 bits per heavy atom. The van der Waals surface area contributed by atoms with Crippen LogP contribution < -0.4 is 5.32 Å². The Bertz CT molecular complexity index is 641. The molecule has 0 bridgehead atoms. The molecule has 0 fully saturated rings. The summed E-state index contributed by atoms with van der Waals surface area (Å²) < 4.78 is 1.52. The van der Waals surface area contributed by atoms with Crippen LogP contribution in [-0.4, -0.2) is 22.8 Å². The third kappa shape index (κ3) is 4.36. The van der Waals surface area contributed by atoms with E-state index < -0.39 is 11.9 Å². The minimum absolute atomic E-state index is 0.392. The van der Waals surface area contributed by atoms with Crippen LogP contribution in [0.2, 0.25) is 0 Å². The molecule has 0 spiro atoms. The Balaban J connectivity index is 2.00. The Morgan fingerprint density at radius 3 is 2.27 bits per heavy atom. The highest BCUT2D eigenvalue weighted by molar-refractivity contribution is 7.97. The van der Waals surface area contributed by atoms with Crippen molar-refractivity contribution in [2.45, 2.75) is 18.7 Å². The molecule has 0 saturated carbocycles. The fourth-order valence-electron chi connectivity index (χ4n) is 1.79. The zero-order valence-electron chi connectivity index (χ0n) is 12.6. The second-order valence-corrected chi connectivity index (χ2v) is 5.82. The normalized spacial score (nSPS) is 10.1. The van der Waals surface area contributed by atoms with Gasteiger partial charge in [-0.1, -0.05) is 35.9 Å². The average molecular weight is 314 g/mol. The largest absolute Gasteiger partial charge is 0.334 e. The van der Waals surface area contributed by atoms with Gasteiger partial charge in [-0.25, -0.2) is 4.79 Å². The minimum Gasteiger partial charge on any atom is -0.273 e. The Morgan fingerprint density at radius 1 is 1.05 bits per heavy atom. The van der Waals surface area contributed by atoms with E-state index in [1.54, 1.807) is 12.1 Å². The topological polar surface area (TPSA) is 49.4 Å². The average Bonchev–Trinajstić information content (AvgIpc) is 2.54. The highest BCUT2D eigenvalue weighted by Crippen LogP contribution is 2.21. The molecule has 0 heterocycles. The summed E-state index contributed by atoms with van der Waals surface area (Å²) in [4.78, 5) is 25.2. The van der Waals surface area contributed by atoms with Gasteiger partial charge >= 0.3 is 6.03 Å². The van der Waals surface area contributed by atoms with Crippen LogP contribution >= 0.6 is 11.9 Å². The number of hydrogen-bond acceptors (Lipinski definition) is 3. The lowest BCUT2D eigenvalue weighted by Gasteiger charge is -2.19. The molecule has 0 aromatic heterocycles. The highest BCUT2D eigenvalue weighted by atomic mass is 32.2. The molecule has 0 saturated heterocycles. The number of amides is 3. The van der Waals surface area contributed by atoms with Gasteiger partial charge < -0.3 is 0 Å². The molecule has 0 atom stereocenters. The van der Waals surface area contributed by atoms with Crippen LogP contribution in [0.25, 0.3) is 0 Å². The third-order valence-corrected chi connectivity index (χ3v) is 4.13. The number of carbonyl (C=O) groups is 2. The number of nitrogens with one attached hydrogen (secondary N) is 1. The summed E-state index contributed by atoms with van der Waals surface area (Å²) in [5, 5.41) is 2.41. The standard InChI is InChI=1S/C17H18N2O2S/c1-3-19(22-15-7-5-4-6-8-15)17(21)18-16(20)14-11-9-13(2)10-12-14/h4-12H,3H2,1-2H3,(H,18,20,21). The summed E-state index contributed by atoms with van der Waals surface area (Å²) in [6, 6.07) is 16.3. The van der Waals surface area contributed by atoms with Crippen molar-refractivity contribution >= 4 is 23.9 Å². The van der Waals surface area contributed by atoms with Gasteiger partial charge in [0.25, 0.3) is 5.91 Å². The molecule has 0 aliphatic rings. The van der Waals surface area contributed by atoms with Crippen LogP contribution in [0.15, 0.2) is 59.5 Å². The molecule has 3 amide bonds. The van der Waals surface area contributed by atoms with Crippen molar-refractivity contribution in [3.63, 3.8) is 0 Å². The molecule has 22 heavy (non-hydrogen) atoms. The Hall–Kier alpha value is -2.27. The number of imide groups is 1. The molecule has 4 nitrogen and oxygen atoms in total. The third-order valence-electron chi connectivity index (χ3n) is 3.01. The van der Waals surface area contributed by atoms with E-state index in [0.717, 1.165) is 10.5 Å². The molecule has 0 unspecified atom stereocenters. The first-order valence-corrected chi connectivity index (χ1v) is 7.80. The monoisotopic (exact) mass is 314 g/mol. The molecule has 5 heteroatoms. The summed E-state index contributed by atoms with van der Waals surface area (Å²) in [6.45, 7) is 4.31. The van der Waals surface area contributed by atoms with E-state index in [0.29, 0.717) is 12.1 Å². The van der Waals surface area contributed by atoms with Gasteiger partial charge in [-0.05, 0) is 50.1 Å². The Labute approximate surface area is 134 Å². The molecule has 0 aliphatic carbocycles. The van der Waals surface area contributed by atoms with E-state index in [-0.39, 0.29) is 0 Å². The second kappa shape index (κ2) is 7.66. The van der Waals surface area contributed by atoms with E-state index in [9.17, 15) is 9.59 Å². The first-order valence-electron chi connectivity index (χ1n) is 7.02. The molecule has 114 valence electrons. The minimum atomic E-state index is -0.415. The summed E-state index contributed by atoms with van der Waals surface area (Å²) in [5.41, 5.74) is 1.54. The number of carbonyl (C=O) groups excluding carboxylic acids is 2. The number of rotatable bonds is 4. The number of aryl methyl sites for hydroxylation is 1. The molecule has 2 rings (SSSR count). The van der Waals surface area contributed by atoms with Gasteiger partial charge in [0, 0.05) is 17.0 Å². The fourth-order valence-corrected chi connectivity index (χ4v) is 2.59. The predicted octanol–water partition coefficient (Wildman–Crippen LogP) is 3.87. The van der Waals surface area contributed by atoms with Gasteiger partial charge in [0.05, 0.1) is 0 Å². The maximum Gasteiger partial charge on any atom is 0.334 e. The summed E-state index contributed by atoms with van der Waals surface area (Å²) in [6.07, 6.45) is 0. The lowest BCUT2D eigenvalue weighted by atomic mass is 10.1. The van der Waals surface area contributed by atoms with Crippen molar-refractivity contribution in [1.82, 2.24) is 9.62 Å². The number of hydrogen-bond donors (Lipinski definition) is 1. The lowest BCUT2D eigenvalue weighted by molar-refractivity contribution is 0.0960. The van der Waals surface area contributed by atoms with Crippen LogP contribution in [-0.2, 0) is 0 Å². The SMILES string of the molecule is CCN(Sc1ccccc1)C(=O)NC(=O)c1ccc(C)cc1. The van der Waals surface area contributed by atoms with Crippen molar-refractivity contribution in [3.8, 4) is 0 Å². The van der Waals surface area contributed by atoms with E-state index in [1.165, 1.54) is 16.3 Å². The number of urea groups is 1. The van der Waals surface area contributed by atoms with Gasteiger partial charge in [-0.2, -0.15) is 0 Å². The van der Waals surface area contributed by atoms with Gasteiger partial charge in [0.1, 0.15) is 0 Å². The van der Waals surface area contributed by atoms with Gasteiger partial charge in [0.15, 0.2) is 0 Å². The molecule has 2 aromatic rings. The first-order chi connectivity index (χ1) is 10.6. The summed E-state index contributed by atoms with van der Waals surface area (Å²) in [5.74, 6) is -0.392. The highest BCUT2D eigenvalue weighted by Gasteiger charge is 2.17. The van der Waals surface area contributed by atoms with Crippen LogP contribution in [0.1, 0.15) is 22.8 Å². The number of nitrogens with zero attached hydrogens (tertiary/aromatic N) is 1. The zero-order valence-corrected chi connectivity index (χ0v) is 13.4. The Kier molecular flexibility index (Phi) is 5.61. The molecule has 0 aliphatic heterocycles. The molecule has 0 radical (unpaired) electrons. The molecular weight excluding hydrogens is 296 g/mol. The number of benzene rings is 2. The van der Waals surface area contributed by atoms with Crippen molar-refractivity contribution < 1.29 is 9.59 Å². The van der Waals surface area contributed by atoms with Crippen LogP contribution in [0.3, 0.4) is 0 Å². The molecule has 2 aromatic carbocycles. The predicted molar refractivity (Wildman–Crippen MR) is 88.7 cm³/mol. The fraction of sp³-hybridized carbons (Fsp3) is 0.176. The maximum atomic E-state index is 12.2. The zero-order chi connectivity index (χ0) is 15.9. The van der Waals surface area contributed by atoms with Crippen LogP contribution in [0.4, 0.5) is 4.79 Å². The summed E-state index contributed by atoms with van der Waals surface area (Å²) >= 11 is 1.31. The van der Waals surface area contributed by atoms with Crippen molar-refractivity contribution in [1.29, 1.82) is 0 Å². The van der Waals surface area contributed by atoms with Crippen molar-refractivity contribution in [3.05, 3.63) is 65.7 Å². The lowest BCUT2D eigenvalue weighted by Crippen LogP contribution is -2.39. The van der Waals surface area contributed by atoms with Gasteiger partial charge in [0.2, 0.25) is 0 Å². The van der Waals surface area contributed by atoms with E-state index >= 15 is 0 Å². The van der Waals surface area contributed by atoms with Crippen molar-refractivity contribution in [2.24, 2.45) is 0 Å². The summed E-state index contributed by atoms with van der Waals surface area (Å²) in [7, 11) is 0. The second-order valence-electron chi connectivity index (χ2n) is 4.72. The first kappa shape index (κ1) is 16.1. The van der Waals surface area contributed by atoms with Crippen LogP contribution in [0.5, 0.6) is 0 Å². The van der Waals surface area contributed by atoms with Crippen LogP contribution in [0, 0.1) is 6.92 Å². The van der Waals surface area contributed by atoms with E-state index in [1.807, 2.05) is 56.3 Å². The van der Waals surface area contributed by atoms with Crippen molar-refractivity contribution in [2.75, 3.05) is 6.54 Å². The van der Waals surface area contributed by atoms with Gasteiger partial charge in [-0.15, -0.1) is 0 Å². The van der Waals surface area contributed by atoms with E-state index in [2.05, 4.69) is 5.32 Å².